The summed E-state index contributed by atoms with van der Waals surface area (Å²) in [6.07, 6.45) is 1.13. The van der Waals surface area contributed by atoms with Gasteiger partial charge in [-0.05, 0) is 48.2 Å². The molecule has 2 aromatic heterocycles. The predicted octanol–water partition coefficient (Wildman–Crippen LogP) is 5.06. The second-order valence-corrected chi connectivity index (χ2v) is 7.02. The summed E-state index contributed by atoms with van der Waals surface area (Å²) in [7, 11) is 1.70. The second-order valence-electron chi connectivity index (χ2n) is 4.96. The molecule has 0 aliphatic rings. The van der Waals surface area contributed by atoms with Crippen LogP contribution < -0.4 is 10.1 Å². The minimum Gasteiger partial charge on any atom is -0.497 e. The molecule has 2 nitrogen and oxygen atoms in total. The fraction of sp³-hybridized carbons (Fsp3) is 0.294. The number of rotatable bonds is 6. The largest absolute Gasteiger partial charge is 0.497 e. The maximum absolute atomic E-state index is 5.26. The standard InChI is InChI=1S/C17H19NOS2/c1-3-9-18-17(12-4-6-13(19-2)7-5-12)16-11-15-14(21-16)8-10-20-15/h4-8,10-11,17-18H,3,9H2,1-2H3. The van der Waals surface area contributed by atoms with Crippen molar-refractivity contribution in [3.8, 4) is 5.75 Å². The summed E-state index contributed by atoms with van der Waals surface area (Å²) in [6, 6.07) is 13.2. The number of hydrogen-bond donors (Lipinski definition) is 1. The number of nitrogens with one attached hydrogen (secondary N) is 1. The van der Waals surface area contributed by atoms with Crippen molar-refractivity contribution < 1.29 is 4.74 Å². The van der Waals surface area contributed by atoms with E-state index >= 15 is 0 Å². The number of fused-ring (bicyclic) bond motifs is 1. The van der Waals surface area contributed by atoms with Crippen molar-refractivity contribution in [3.05, 3.63) is 52.2 Å². The van der Waals surface area contributed by atoms with Crippen molar-refractivity contribution in [3.63, 3.8) is 0 Å². The highest BCUT2D eigenvalue weighted by Gasteiger charge is 2.16. The van der Waals surface area contributed by atoms with Crippen molar-refractivity contribution in [2.45, 2.75) is 19.4 Å². The molecule has 0 saturated carbocycles. The molecular formula is C17H19NOS2. The minimum atomic E-state index is 0.264. The zero-order valence-electron chi connectivity index (χ0n) is 12.3. The van der Waals surface area contributed by atoms with Gasteiger partial charge in [0.15, 0.2) is 0 Å². The summed E-state index contributed by atoms with van der Waals surface area (Å²) in [5, 5.41) is 5.82. The molecule has 0 fully saturated rings. The van der Waals surface area contributed by atoms with E-state index in [0.717, 1.165) is 18.7 Å². The number of ether oxygens (including phenoxy) is 1. The Hall–Kier alpha value is -1.36. The van der Waals surface area contributed by atoms with E-state index in [4.69, 9.17) is 4.74 Å². The molecule has 1 atom stereocenters. The summed E-state index contributed by atoms with van der Waals surface area (Å²) in [5.74, 6) is 0.903. The lowest BCUT2D eigenvalue weighted by atomic mass is 10.0. The van der Waals surface area contributed by atoms with Gasteiger partial charge in [0.1, 0.15) is 5.75 Å². The Morgan fingerprint density at radius 2 is 1.95 bits per heavy atom. The average molecular weight is 317 g/mol. The van der Waals surface area contributed by atoms with Crippen LogP contribution in [0.15, 0.2) is 41.8 Å². The fourth-order valence-electron chi connectivity index (χ4n) is 2.39. The molecule has 3 aromatic rings. The van der Waals surface area contributed by atoms with Gasteiger partial charge in [-0.1, -0.05) is 19.1 Å². The molecule has 0 aliphatic carbocycles. The molecule has 21 heavy (non-hydrogen) atoms. The van der Waals surface area contributed by atoms with Crippen LogP contribution in [-0.2, 0) is 0 Å². The fourth-order valence-corrected chi connectivity index (χ4v) is 4.62. The Kier molecular flexibility index (Phi) is 4.58. The van der Waals surface area contributed by atoms with E-state index in [9.17, 15) is 0 Å². The maximum atomic E-state index is 5.26. The average Bonchev–Trinajstić information content (AvgIpc) is 3.10. The Morgan fingerprint density at radius 3 is 2.62 bits per heavy atom. The molecule has 0 radical (unpaired) electrons. The number of thiophene rings is 2. The van der Waals surface area contributed by atoms with Gasteiger partial charge in [-0.15, -0.1) is 22.7 Å². The summed E-state index contributed by atoms with van der Waals surface area (Å²) in [6.45, 7) is 3.22. The maximum Gasteiger partial charge on any atom is 0.118 e. The van der Waals surface area contributed by atoms with Crippen LogP contribution in [0.1, 0.15) is 29.8 Å². The van der Waals surface area contributed by atoms with Gasteiger partial charge >= 0.3 is 0 Å². The third-order valence-electron chi connectivity index (χ3n) is 3.49. The van der Waals surface area contributed by atoms with Crippen molar-refractivity contribution >= 4 is 32.1 Å². The predicted molar refractivity (Wildman–Crippen MR) is 92.8 cm³/mol. The molecule has 0 bridgehead atoms. The van der Waals surface area contributed by atoms with Crippen LogP contribution in [0.5, 0.6) is 5.75 Å². The molecule has 1 aromatic carbocycles. The molecule has 0 saturated heterocycles. The Labute approximate surface area is 133 Å². The number of methoxy groups -OCH3 is 1. The minimum absolute atomic E-state index is 0.264. The highest BCUT2D eigenvalue weighted by molar-refractivity contribution is 7.27. The number of benzene rings is 1. The van der Waals surface area contributed by atoms with Gasteiger partial charge in [0, 0.05) is 14.3 Å². The lowest BCUT2D eigenvalue weighted by Crippen LogP contribution is -2.22. The smallest absolute Gasteiger partial charge is 0.118 e. The topological polar surface area (TPSA) is 21.3 Å². The Morgan fingerprint density at radius 1 is 1.14 bits per heavy atom. The molecular weight excluding hydrogens is 298 g/mol. The van der Waals surface area contributed by atoms with Crippen molar-refractivity contribution in [2.24, 2.45) is 0 Å². The first-order chi connectivity index (χ1) is 10.3. The van der Waals surface area contributed by atoms with E-state index < -0.39 is 0 Å². The summed E-state index contributed by atoms with van der Waals surface area (Å²) < 4.78 is 8.02. The van der Waals surface area contributed by atoms with E-state index in [1.165, 1.54) is 19.8 Å². The van der Waals surface area contributed by atoms with Crippen molar-refractivity contribution in [1.82, 2.24) is 5.32 Å². The van der Waals surface area contributed by atoms with E-state index in [2.05, 4.69) is 41.9 Å². The highest BCUT2D eigenvalue weighted by Crippen LogP contribution is 2.36. The monoisotopic (exact) mass is 317 g/mol. The van der Waals surface area contributed by atoms with E-state index in [1.807, 2.05) is 34.8 Å². The van der Waals surface area contributed by atoms with Crippen LogP contribution in [0.25, 0.3) is 9.40 Å². The van der Waals surface area contributed by atoms with Crippen LogP contribution >= 0.6 is 22.7 Å². The van der Waals surface area contributed by atoms with Crippen molar-refractivity contribution in [2.75, 3.05) is 13.7 Å². The van der Waals surface area contributed by atoms with E-state index in [0.29, 0.717) is 0 Å². The zero-order chi connectivity index (χ0) is 14.7. The molecule has 1 N–H and O–H groups in total. The molecule has 2 heterocycles. The Bertz CT molecular complexity index is 670. The third-order valence-corrected chi connectivity index (χ3v) is 5.65. The first-order valence-corrected chi connectivity index (χ1v) is 8.85. The zero-order valence-corrected chi connectivity index (χ0v) is 13.9. The van der Waals surface area contributed by atoms with Crippen LogP contribution in [0, 0.1) is 0 Å². The molecule has 3 rings (SSSR count). The quantitative estimate of drug-likeness (QED) is 0.686. The van der Waals surface area contributed by atoms with Gasteiger partial charge in [-0.2, -0.15) is 0 Å². The lowest BCUT2D eigenvalue weighted by molar-refractivity contribution is 0.414. The molecule has 4 heteroatoms. The van der Waals surface area contributed by atoms with E-state index in [-0.39, 0.29) is 6.04 Å². The molecule has 0 aliphatic heterocycles. The van der Waals surface area contributed by atoms with Crippen LogP contribution in [0.3, 0.4) is 0 Å². The normalized spacial score (nSPS) is 12.7. The van der Waals surface area contributed by atoms with Gasteiger partial charge in [0.2, 0.25) is 0 Å². The van der Waals surface area contributed by atoms with Gasteiger partial charge in [0.25, 0.3) is 0 Å². The van der Waals surface area contributed by atoms with Crippen LogP contribution in [-0.4, -0.2) is 13.7 Å². The first-order valence-electron chi connectivity index (χ1n) is 7.16. The SMILES string of the molecule is CCCNC(c1ccc(OC)cc1)c1cc2sccc2s1. The highest BCUT2D eigenvalue weighted by atomic mass is 32.1. The Balaban J connectivity index is 1.93. The number of hydrogen-bond acceptors (Lipinski definition) is 4. The van der Waals surface area contributed by atoms with Gasteiger partial charge < -0.3 is 10.1 Å². The van der Waals surface area contributed by atoms with Gasteiger partial charge in [-0.3, -0.25) is 0 Å². The third kappa shape index (κ3) is 3.12. The van der Waals surface area contributed by atoms with Crippen LogP contribution in [0.4, 0.5) is 0 Å². The first kappa shape index (κ1) is 14.6. The molecule has 110 valence electrons. The summed E-state index contributed by atoms with van der Waals surface area (Å²) >= 11 is 3.70. The van der Waals surface area contributed by atoms with E-state index in [1.54, 1.807) is 7.11 Å². The molecule has 1 unspecified atom stereocenters. The van der Waals surface area contributed by atoms with Gasteiger partial charge in [0.05, 0.1) is 13.2 Å². The lowest BCUT2D eigenvalue weighted by Gasteiger charge is -2.18. The van der Waals surface area contributed by atoms with Crippen LogP contribution in [0.2, 0.25) is 0 Å². The summed E-state index contributed by atoms with van der Waals surface area (Å²) in [4.78, 5) is 1.38. The van der Waals surface area contributed by atoms with Crippen molar-refractivity contribution in [1.29, 1.82) is 0 Å². The summed E-state index contributed by atoms with van der Waals surface area (Å²) in [5.41, 5.74) is 1.29. The second kappa shape index (κ2) is 6.60. The molecule has 0 amide bonds. The molecule has 0 spiro atoms. The van der Waals surface area contributed by atoms with Gasteiger partial charge in [-0.25, -0.2) is 0 Å².